The molecule has 0 amide bonds. The number of hydrogen-bond acceptors (Lipinski definition) is 2. The molecule has 0 saturated carbocycles. The van der Waals surface area contributed by atoms with Gasteiger partial charge in [0.1, 0.15) is 0 Å². The molecule has 1 nitrogen and oxygen atoms in total. The van der Waals surface area contributed by atoms with Crippen LogP contribution in [0.1, 0.15) is 20.3 Å². The average Bonchev–Trinajstić information content (AvgIpc) is 2.10. The lowest BCUT2D eigenvalue weighted by atomic mass is 9.93. The molecule has 1 fully saturated rings. The van der Waals surface area contributed by atoms with Crippen molar-refractivity contribution in [3.63, 3.8) is 0 Å². The van der Waals surface area contributed by atoms with Crippen molar-refractivity contribution in [2.45, 2.75) is 20.3 Å². The number of hydrogen-bond donors (Lipinski definition) is 1. The molecule has 1 heterocycles. The molecule has 0 bridgehead atoms. The smallest absolute Gasteiger partial charge is 0.0414 e. The second kappa shape index (κ2) is 2.51. The molecule has 0 aliphatic carbocycles. The van der Waals surface area contributed by atoms with E-state index in [2.05, 4.69) is 31.4 Å². The van der Waals surface area contributed by atoms with E-state index in [9.17, 15) is 0 Å². The van der Waals surface area contributed by atoms with Gasteiger partial charge < -0.3 is 0 Å². The van der Waals surface area contributed by atoms with Crippen LogP contribution in [0, 0.1) is 5.41 Å². The van der Waals surface area contributed by atoms with Crippen molar-refractivity contribution in [1.29, 1.82) is 0 Å². The zero-order valence-corrected chi connectivity index (χ0v) is 7.12. The fraction of sp³-hybridized carbons (Fsp3) is 1.00. The van der Waals surface area contributed by atoms with Gasteiger partial charge in [-0.05, 0) is 18.4 Å². The third-order valence-electron chi connectivity index (χ3n) is 1.96. The first-order chi connectivity index (χ1) is 4.14. The van der Waals surface area contributed by atoms with Gasteiger partial charge in [-0.3, -0.25) is 4.90 Å². The summed E-state index contributed by atoms with van der Waals surface area (Å²) in [5.41, 5.74) is 0.544. The minimum Gasteiger partial charge on any atom is -0.294 e. The van der Waals surface area contributed by atoms with Crippen LogP contribution in [-0.4, -0.2) is 23.9 Å². The van der Waals surface area contributed by atoms with Crippen molar-refractivity contribution in [3.8, 4) is 0 Å². The summed E-state index contributed by atoms with van der Waals surface area (Å²) in [5.74, 6) is 0.920. The zero-order valence-electron chi connectivity index (χ0n) is 6.22. The van der Waals surface area contributed by atoms with Gasteiger partial charge >= 0.3 is 0 Å². The molecule has 1 aliphatic rings. The van der Waals surface area contributed by atoms with Gasteiger partial charge in [0.05, 0.1) is 0 Å². The van der Waals surface area contributed by atoms with Crippen LogP contribution < -0.4 is 0 Å². The van der Waals surface area contributed by atoms with E-state index in [1.807, 2.05) is 0 Å². The van der Waals surface area contributed by atoms with E-state index < -0.39 is 0 Å². The maximum Gasteiger partial charge on any atom is 0.0414 e. The van der Waals surface area contributed by atoms with E-state index in [0.717, 1.165) is 5.88 Å². The number of nitrogens with zero attached hydrogens (tertiary/aromatic N) is 1. The highest BCUT2D eigenvalue weighted by Crippen LogP contribution is 2.28. The summed E-state index contributed by atoms with van der Waals surface area (Å²) in [6.07, 6.45) is 1.33. The molecular formula is C7H15NS. The third-order valence-corrected chi connectivity index (χ3v) is 2.36. The average molecular weight is 145 g/mol. The number of likely N-dealkylation sites (tertiary alicyclic amines) is 1. The SMILES string of the molecule is CC1(C)CCN(CS)C1. The fourth-order valence-corrected chi connectivity index (χ4v) is 1.59. The minimum atomic E-state index is 0.544. The summed E-state index contributed by atoms with van der Waals surface area (Å²) < 4.78 is 0. The quantitative estimate of drug-likeness (QED) is 0.549. The van der Waals surface area contributed by atoms with E-state index >= 15 is 0 Å². The van der Waals surface area contributed by atoms with Gasteiger partial charge in [0.15, 0.2) is 0 Å². The summed E-state index contributed by atoms with van der Waals surface area (Å²) in [5, 5.41) is 0. The van der Waals surface area contributed by atoms with Crippen molar-refractivity contribution < 1.29 is 0 Å². The molecule has 0 aromatic carbocycles. The highest BCUT2D eigenvalue weighted by atomic mass is 32.1. The molecule has 1 rings (SSSR count). The van der Waals surface area contributed by atoms with Gasteiger partial charge in [-0.15, -0.1) is 0 Å². The van der Waals surface area contributed by atoms with Crippen LogP contribution in [0.5, 0.6) is 0 Å². The van der Waals surface area contributed by atoms with Gasteiger partial charge in [-0.2, -0.15) is 12.6 Å². The normalized spacial score (nSPS) is 27.0. The molecule has 0 N–H and O–H groups in total. The van der Waals surface area contributed by atoms with E-state index in [-0.39, 0.29) is 0 Å². The van der Waals surface area contributed by atoms with E-state index in [1.54, 1.807) is 0 Å². The van der Waals surface area contributed by atoms with E-state index in [0.29, 0.717) is 5.41 Å². The lowest BCUT2D eigenvalue weighted by Gasteiger charge is -2.17. The molecule has 0 aromatic rings. The molecular weight excluding hydrogens is 130 g/mol. The van der Waals surface area contributed by atoms with Crippen molar-refractivity contribution >= 4 is 12.6 Å². The van der Waals surface area contributed by atoms with Crippen LogP contribution in [0.3, 0.4) is 0 Å². The second-order valence-corrected chi connectivity index (χ2v) is 3.89. The van der Waals surface area contributed by atoms with E-state index in [4.69, 9.17) is 0 Å². The van der Waals surface area contributed by atoms with Crippen molar-refractivity contribution in [2.24, 2.45) is 5.41 Å². The first-order valence-corrected chi connectivity index (χ1v) is 4.10. The van der Waals surface area contributed by atoms with Crippen LogP contribution in [-0.2, 0) is 0 Å². The zero-order chi connectivity index (χ0) is 6.91. The van der Waals surface area contributed by atoms with Crippen LogP contribution in [0.4, 0.5) is 0 Å². The van der Waals surface area contributed by atoms with Gasteiger partial charge in [0.25, 0.3) is 0 Å². The van der Waals surface area contributed by atoms with Crippen LogP contribution >= 0.6 is 12.6 Å². The summed E-state index contributed by atoms with van der Waals surface area (Å²) in [7, 11) is 0. The molecule has 0 aromatic heterocycles. The van der Waals surface area contributed by atoms with Crippen molar-refractivity contribution in [2.75, 3.05) is 19.0 Å². The third kappa shape index (κ3) is 1.87. The Morgan fingerprint density at radius 3 is 2.44 bits per heavy atom. The number of thiol groups is 1. The second-order valence-electron chi connectivity index (χ2n) is 3.61. The summed E-state index contributed by atoms with van der Waals surface area (Å²) >= 11 is 4.22. The molecule has 0 spiro atoms. The molecule has 0 radical (unpaired) electrons. The predicted octanol–water partition coefficient (Wildman–Crippen LogP) is 1.61. The van der Waals surface area contributed by atoms with Gasteiger partial charge in [0, 0.05) is 12.4 Å². The Labute approximate surface area is 62.8 Å². The number of rotatable bonds is 1. The maximum absolute atomic E-state index is 4.22. The lowest BCUT2D eigenvalue weighted by Crippen LogP contribution is -2.21. The van der Waals surface area contributed by atoms with Crippen LogP contribution in [0.2, 0.25) is 0 Å². The molecule has 0 unspecified atom stereocenters. The summed E-state index contributed by atoms with van der Waals surface area (Å²) in [4.78, 5) is 2.38. The van der Waals surface area contributed by atoms with E-state index in [1.165, 1.54) is 19.5 Å². The Morgan fingerprint density at radius 1 is 1.56 bits per heavy atom. The Kier molecular flexibility index (Phi) is 2.07. The summed E-state index contributed by atoms with van der Waals surface area (Å²) in [6.45, 7) is 7.08. The van der Waals surface area contributed by atoms with Crippen LogP contribution in [0.15, 0.2) is 0 Å². The van der Waals surface area contributed by atoms with Crippen molar-refractivity contribution in [3.05, 3.63) is 0 Å². The largest absolute Gasteiger partial charge is 0.294 e. The maximum atomic E-state index is 4.22. The standard InChI is InChI=1S/C7H15NS/c1-7(2)3-4-8(5-7)6-9/h9H,3-6H2,1-2H3. The molecule has 54 valence electrons. The highest BCUT2D eigenvalue weighted by molar-refractivity contribution is 7.80. The van der Waals surface area contributed by atoms with Gasteiger partial charge in [-0.1, -0.05) is 13.8 Å². The fourth-order valence-electron chi connectivity index (χ4n) is 1.34. The molecule has 1 aliphatic heterocycles. The lowest BCUT2D eigenvalue weighted by molar-refractivity contribution is 0.328. The molecule has 0 atom stereocenters. The van der Waals surface area contributed by atoms with Gasteiger partial charge in [-0.25, -0.2) is 0 Å². The minimum absolute atomic E-state index is 0.544. The Balaban J connectivity index is 2.38. The molecule has 1 saturated heterocycles. The predicted molar refractivity (Wildman–Crippen MR) is 43.8 cm³/mol. The summed E-state index contributed by atoms with van der Waals surface area (Å²) in [6, 6.07) is 0. The Hall–Kier alpha value is 0.310. The Morgan fingerprint density at radius 2 is 2.22 bits per heavy atom. The highest BCUT2D eigenvalue weighted by Gasteiger charge is 2.27. The monoisotopic (exact) mass is 145 g/mol. The first kappa shape index (κ1) is 7.42. The van der Waals surface area contributed by atoms with Crippen LogP contribution in [0.25, 0.3) is 0 Å². The first-order valence-electron chi connectivity index (χ1n) is 3.47. The molecule has 2 heteroatoms. The molecule has 9 heavy (non-hydrogen) atoms. The van der Waals surface area contributed by atoms with Gasteiger partial charge in [0.2, 0.25) is 0 Å². The van der Waals surface area contributed by atoms with Crippen molar-refractivity contribution in [1.82, 2.24) is 4.90 Å². The Bertz CT molecular complexity index is 101. The topological polar surface area (TPSA) is 3.24 Å².